The van der Waals surface area contributed by atoms with Gasteiger partial charge in [-0.3, -0.25) is 4.68 Å². The van der Waals surface area contributed by atoms with E-state index < -0.39 is 0 Å². The van der Waals surface area contributed by atoms with Crippen molar-refractivity contribution in [3.63, 3.8) is 0 Å². The maximum atomic E-state index is 4.30. The third-order valence-corrected chi connectivity index (χ3v) is 2.83. The van der Waals surface area contributed by atoms with E-state index >= 15 is 0 Å². The van der Waals surface area contributed by atoms with Gasteiger partial charge in [-0.25, -0.2) is 0 Å². The van der Waals surface area contributed by atoms with E-state index in [0.29, 0.717) is 0 Å². The zero-order valence-electron chi connectivity index (χ0n) is 7.66. The molecule has 12 heavy (non-hydrogen) atoms. The van der Waals surface area contributed by atoms with Crippen LogP contribution in [0.15, 0.2) is 12.3 Å². The van der Waals surface area contributed by atoms with Crippen LogP contribution in [0.1, 0.15) is 31.4 Å². The van der Waals surface area contributed by atoms with Gasteiger partial charge in [0.15, 0.2) is 0 Å². The van der Waals surface area contributed by atoms with Gasteiger partial charge in [0, 0.05) is 18.4 Å². The van der Waals surface area contributed by atoms with Gasteiger partial charge in [-0.15, -0.1) is 0 Å². The first-order valence-electron chi connectivity index (χ1n) is 4.84. The molecule has 0 spiro atoms. The minimum absolute atomic E-state index is 0.892. The average molecular weight is 164 g/mol. The average Bonchev–Trinajstić information content (AvgIpc) is 2.65. The summed E-state index contributed by atoms with van der Waals surface area (Å²) in [6.45, 7) is 3.26. The van der Waals surface area contributed by atoms with Gasteiger partial charge in [0.2, 0.25) is 0 Å². The minimum Gasteiger partial charge on any atom is -0.270 e. The van der Waals surface area contributed by atoms with E-state index in [1.165, 1.54) is 31.4 Å². The summed E-state index contributed by atoms with van der Waals surface area (Å²) in [6.07, 6.45) is 7.54. The fourth-order valence-electron chi connectivity index (χ4n) is 2.03. The lowest BCUT2D eigenvalue weighted by molar-refractivity contribution is 0.423. The molecule has 1 aromatic heterocycles. The lowest BCUT2D eigenvalue weighted by Gasteiger charge is -2.09. The molecule has 0 amide bonds. The van der Waals surface area contributed by atoms with Crippen LogP contribution in [0.25, 0.3) is 0 Å². The first-order valence-corrected chi connectivity index (χ1v) is 4.84. The monoisotopic (exact) mass is 164 g/mol. The maximum absolute atomic E-state index is 4.30. The van der Waals surface area contributed by atoms with Crippen LogP contribution >= 0.6 is 0 Å². The van der Waals surface area contributed by atoms with Crippen molar-refractivity contribution in [2.45, 2.75) is 39.2 Å². The molecule has 0 bridgehead atoms. The second-order valence-corrected chi connectivity index (χ2v) is 3.81. The van der Waals surface area contributed by atoms with Crippen LogP contribution in [-0.2, 0) is 6.54 Å². The van der Waals surface area contributed by atoms with Gasteiger partial charge in [-0.2, -0.15) is 5.10 Å². The molecule has 1 saturated carbocycles. The number of aromatic nitrogens is 2. The van der Waals surface area contributed by atoms with Crippen LogP contribution in [0, 0.1) is 12.8 Å². The highest BCUT2D eigenvalue weighted by Gasteiger charge is 2.15. The molecule has 66 valence electrons. The Morgan fingerprint density at radius 3 is 2.83 bits per heavy atom. The second-order valence-electron chi connectivity index (χ2n) is 3.81. The normalized spacial score (nSPS) is 18.8. The molecule has 2 heteroatoms. The van der Waals surface area contributed by atoms with E-state index in [0.717, 1.165) is 12.5 Å². The first-order chi connectivity index (χ1) is 5.86. The Morgan fingerprint density at radius 2 is 2.25 bits per heavy atom. The molecule has 2 nitrogen and oxygen atoms in total. The molecule has 1 aliphatic rings. The summed E-state index contributed by atoms with van der Waals surface area (Å²) >= 11 is 0. The summed E-state index contributed by atoms with van der Waals surface area (Å²) in [6, 6.07) is 2.08. The fourth-order valence-corrected chi connectivity index (χ4v) is 2.03. The quantitative estimate of drug-likeness (QED) is 0.656. The number of hydrogen-bond acceptors (Lipinski definition) is 1. The number of hydrogen-bond donors (Lipinski definition) is 0. The van der Waals surface area contributed by atoms with Gasteiger partial charge in [0.05, 0.1) is 0 Å². The highest BCUT2D eigenvalue weighted by Crippen LogP contribution is 2.26. The maximum Gasteiger partial charge on any atom is 0.0492 e. The fraction of sp³-hybridized carbons (Fsp3) is 0.700. The molecule has 0 unspecified atom stereocenters. The SMILES string of the molecule is Cc1ccnn1CC1CCCC1. The number of nitrogens with zero attached hydrogens (tertiary/aromatic N) is 2. The molecule has 0 radical (unpaired) electrons. The molecule has 0 saturated heterocycles. The third kappa shape index (κ3) is 1.52. The van der Waals surface area contributed by atoms with Crippen molar-refractivity contribution >= 4 is 0 Å². The first kappa shape index (κ1) is 7.84. The summed E-state index contributed by atoms with van der Waals surface area (Å²) in [5.41, 5.74) is 1.29. The van der Waals surface area contributed by atoms with E-state index in [-0.39, 0.29) is 0 Å². The molecule has 0 aromatic carbocycles. The lowest BCUT2D eigenvalue weighted by Crippen LogP contribution is -2.09. The molecule has 1 aliphatic carbocycles. The van der Waals surface area contributed by atoms with Gasteiger partial charge >= 0.3 is 0 Å². The van der Waals surface area contributed by atoms with Crippen molar-refractivity contribution in [2.24, 2.45) is 5.92 Å². The molecule has 0 aliphatic heterocycles. The molecule has 1 aromatic rings. The Labute approximate surface area is 73.6 Å². The summed E-state index contributed by atoms with van der Waals surface area (Å²) < 4.78 is 2.13. The lowest BCUT2D eigenvalue weighted by atomic mass is 10.1. The smallest absolute Gasteiger partial charge is 0.0492 e. The topological polar surface area (TPSA) is 17.8 Å². The largest absolute Gasteiger partial charge is 0.270 e. The standard InChI is InChI=1S/C10H16N2/c1-9-6-7-11-12(9)8-10-4-2-3-5-10/h6-7,10H,2-5,8H2,1H3. The Morgan fingerprint density at radius 1 is 1.50 bits per heavy atom. The third-order valence-electron chi connectivity index (χ3n) is 2.83. The predicted molar refractivity (Wildman–Crippen MR) is 48.9 cm³/mol. The van der Waals surface area contributed by atoms with Crippen LogP contribution in [-0.4, -0.2) is 9.78 Å². The molecular weight excluding hydrogens is 148 g/mol. The Hall–Kier alpha value is -0.790. The van der Waals surface area contributed by atoms with Crippen LogP contribution in [0.5, 0.6) is 0 Å². The van der Waals surface area contributed by atoms with Crippen LogP contribution in [0.2, 0.25) is 0 Å². The molecule has 0 atom stereocenters. The highest BCUT2D eigenvalue weighted by atomic mass is 15.3. The van der Waals surface area contributed by atoms with Crippen molar-refractivity contribution < 1.29 is 0 Å². The summed E-state index contributed by atoms with van der Waals surface area (Å²) in [5, 5.41) is 4.30. The van der Waals surface area contributed by atoms with Gasteiger partial charge in [-0.05, 0) is 31.7 Å². The Balaban J connectivity index is 1.98. The highest BCUT2D eigenvalue weighted by molar-refractivity contribution is 4.96. The summed E-state index contributed by atoms with van der Waals surface area (Å²) in [7, 11) is 0. The van der Waals surface area contributed by atoms with E-state index in [4.69, 9.17) is 0 Å². The predicted octanol–water partition coefficient (Wildman–Crippen LogP) is 2.38. The van der Waals surface area contributed by atoms with Crippen LogP contribution in [0.4, 0.5) is 0 Å². The molecule has 1 heterocycles. The van der Waals surface area contributed by atoms with E-state index in [1.54, 1.807) is 0 Å². The molecule has 2 rings (SSSR count). The van der Waals surface area contributed by atoms with Gasteiger partial charge in [0.25, 0.3) is 0 Å². The van der Waals surface area contributed by atoms with Crippen molar-refractivity contribution in [3.05, 3.63) is 18.0 Å². The van der Waals surface area contributed by atoms with Gasteiger partial charge in [0.1, 0.15) is 0 Å². The Bertz CT molecular complexity index is 246. The van der Waals surface area contributed by atoms with Crippen molar-refractivity contribution in [1.29, 1.82) is 0 Å². The van der Waals surface area contributed by atoms with Crippen molar-refractivity contribution in [1.82, 2.24) is 9.78 Å². The van der Waals surface area contributed by atoms with Crippen molar-refractivity contribution in [3.8, 4) is 0 Å². The molecule has 0 N–H and O–H groups in total. The van der Waals surface area contributed by atoms with Gasteiger partial charge in [-0.1, -0.05) is 12.8 Å². The van der Waals surface area contributed by atoms with Crippen molar-refractivity contribution in [2.75, 3.05) is 0 Å². The zero-order chi connectivity index (χ0) is 8.39. The number of aryl methyl sites for hydroxylation is 1. The van der Waals surface area contributed by atoms with E-state index in [1.807, 2.05) is 6.20 Å². The Kier molecular flexibility index (Phi) is 2.15. The summed E-state index contributed by atoms with van der Waals surface area (Å²) in [4.78, 5) is 0. The zero-order valence-corrected chi connectivity index (χ0v) is 7.66. The molecule has 1 fully saturated rings. The number of rotatable bonds is 2. The minimum atomic E-state index is 0.892. The van der Waals surface area contributed by atoms with Gasteiger partial charge < -0.3 is 0 Å². The second kappa shape index (κ2) is 3.30. The van der Waals surface area contributed by atoms with E-state index in [2.05, 4.69) is 22.8 Å². The molecular formula is C10H16N2. The van der Waals surface area contributed by atoms with E-state index in [9.17, 15) is 0 Å². The summed E-state index contributed by atoms with van der Waals surface area (Å²) in [5.74, 6) is 0.892. The van der Waals surface area contributed by atoms with Crippen LogP contribution < -0.4 is 0 Å². The van der Waals surface area contributed by atoms with Crippen LogP contribution in [0.3, 0.4) is 0 Å².